The van der Waals surface area contributed by atoms with Crippen LogP contribution in [0.25, 0.3) is 0 Å². The quantitative estimate of drug-likeness (QED) is 0.404. The SMILES string of the molecule is O=C1NC(=S)N(c2ccc(Cl)cc2)C(=O)[C@@H]1C=NC1=C[C@@H]2C(=O)c3ccccc3C(=O)[C@H]2C=C1. The Bertz CT molecular complexity index is 1360. The minimum Gasteiger partial charge on any atom is -0.301 e. The third kappa shape index (κ3) is 3.70. The molecule has 2 amide bonds. The van der Waals surface area contributed by atoms with Crippen LogP contribution in [0.15, 0.2) is 77.4 Å². The van der Waals surface area contributed by atoms with Crippen molar-refractivity contribution in [1.82, 2.24) is 5.32 Å². The maximum atomic E-state index is 13.1. The predicted octanol–water partition coefficient (Wildman–Crippen LogP) is 3.54. The molecule has 9 heteroatoms. The zero-order chi connectivity index (χ0) is 24.0. The summed E-state index contributed by atoms with van der Waals surface area (Å²) < 4.78 is 0. The van der Waals surface area contributed by atoms with Crippen molar-refractivity contribution in [2.75, 3.05) is 4.90 Å². The first-order valence-corrected chi connectivity index (χ1v) is 11.2. The van der Waals surface area contributed by atoms with Gasteiger partial charge in [-0.15, -0.1) is 0 Å². The number of hydrogen-bond donors (Lipinski definition) is 1. The first-order valence-electron chi connectivity index (χ1n) is 10.4. The van der Waals surface area contributed by atoms with Crippen LogP contribution < -0.4 is 10.2 Å². The van der Waals surface area contributed by atoms with E-state index in [4.69, 9.17) is 23.8 Å². The van der Waals surface area contributed by atoms with Gasteiger partial charge in [0.2, 0.25) is 5.91 Å². The van der Waals surface area contributed by atoms with Gasteiger partial charge in [0.15, 0.2) is 22.6 Å². The molecule has 1 saturated heterocycles. The molecular formula is C25H16ClN3O4S. The normalized spacial score (nSPS) is 24.1. The van der Waals surface area contributed by atoms with E-state index in [0.717, 1.165) is 0 Å². The molecule has 2 aromatic rings. The van der Waals surface area contributed by atoms with E-state index in [9.17, 15) is 19.2 Å². The van der Waals surface area contributed by atoms with Gasteiger partial charge in [0, 0.05) is 22.4 Å². The van der Waals surface area contributed by atoms with Crippen molar-refractivity contribution in [3.05, 3.63) is 88.6 Å². The third-order valence-electron chi connectivity index (χ3n) is 5.93. The lowest BCUT2D eigenvalue weighted by molar-refractivity contribution is -0.130. The highest BCUT2D eigenvalue weighted by atomic mass is 35.5. The molecular weight excluding hydrogens is 474 g/mol. The molecule has 1 N–H and O–H groups in total. The van der Waals surface area contributed by atoms with E-state index in [1.807, 2.05) is 0 Å². The Morgan fingerprint density at radius 3 is 2.26 bits per heavy atom. The predicted molar refractivity (Wildman–Crippen MR) is 131 cm³/mol. The zero-order valence-electron chi connectivity index (χ0n) is 17.5. The summed E-state index contributed by atoms with van der Waals surface area (Å²) in [5.41, 5.74) is 1.65. The number of nitrogens with zero attached hydrogens (tertiary/aromatic N) is 2. The number of anilines is 1. The molecule has 1 aliphatic heterocycles. The van der Waals surface area contributed by atoms with Gasteiger partial charge in [-0.25, -0.2) is 0 Å². The Balaban J connectivity index is 1.41. The molecule has 0 unspecified atom stereocenters. The van der Waals surface area contributed by atoms with Gasteiger partial charge in [0.1, 0.15) is 0 Å². The average molecular weight is 490 g/mol. The Hall–Kier alpha value is -3.75. The molecule has 5 rings (SSSR count). The van der Waals surface area contributed by atoms with Gasteiger partial charge < -0.3 is 5.32 Å². The molecule has 3 aliphatic rings. The Kier molecular flexibility index (Phi) is 5.55. The summed E-state index contributed by atoms with van der Waals surface area (Å²) >= 11 is 11.1. The van der Waals surface area contributed by atoms with Crippen LogP contribution >= 0.6 is 23.8 Å². The van der Waals surface area contributed by atoms with Gasteiger partial charge in [-0.1, -0.05) is 41.9 Å². The standard InChI is InChI=1S/C25H16ClN3O4S/c26-13-5-8-15(9-6-13)29-24(33)20(23(32)28-25(29)34)12-27-14-7-10-18-19(11-14)22(31)17-4-2-1-3-16(17)21(18)30/h1-12,18-20H,(H,28,32,34)/t18-,19-,20+/m0/s1. The van der Waals surface area contributed by atoms with E-state index in [1.165, 1.54) is 11.1 Å². The van der Waals surface area contributed by atoms with E-state index in [2.05, 4.69) is 10.3 Å². The second-order valence-corrected chi connectivity index (χ2v) is 8.80. The third-order valence-corrected chi connectivity index (χ3v) is 6.47. The van der Waals surface area contributed by atoms with Crippen LogP contribution in [0.4, 0.5) is 5.69 Å². The van der Waals surface area contributed by atoms with Crippen molar-refractivity contribution in [1.29, 1.82) is 0 Å². The summed E-state index contributed by atoms with van der Waals surface area (Å²) in [7, 11) is 0. The van der Waals surface area contributed by atoms with Crippen LogP contribution in [-0.2, 0) is 9.59 Å². The molecule has 34 heavy (non-hydrogen) atoms. The fraction of sp³-hybridized carbons (Fsp3) is 0.120. The smallest absolute Gasteiger partial charge is 0.251 e. The Morgan fingerprint density at radius 1 is 0.941 bits per heavy atom. The number of aliphatic imine (C=N–C) groups is 1. The maximum Gasteiger partial charge on any atom is 0.251 e. The van der Waals surface area contributed by atoms with Gasteiger partial charge in [0.25, 0.3) is 5.91 Å². The number of halogens is 1. The summed E-state index contributed by atoms with van der Waals surface area (Å²) in [4.78, 5) is 56.9. The summed E-state index contributed by atoms with van der Waals surface area (Å²) in [5.74, 6) is -3.95. The molecule has 0 aromatic heterocycles. The van der Waals surface area contributed by atoms with Crippen LogP contribution in [0.5, 0.6) is 0 Å². The number of allylic oxidation sites excluding steroid dienone is 3. The Morgan fingerprint density at radius 2 is 1.59 bits per heavy atom. The molecule has 0 spiro atoms. The number of carbonyl (C=O) groups is 4. The average Bonchev–Trinajstić information content (AvgIpc) is 2.83. The van der Waals surface area contributed by atoms with Gasteiger partial charge >= 0.3 is 0 Å². The number of thiocarbonyl (C=S) groups is 1. The van der Waals surface area contributed by atoms with Crippen molar-refractivity contribution in [3.63, 3.8) is 0 Å². The first-order chi connectivity index (χ1) is 16.3. The van der Waals surface area contributed by atoms with Gasteiger partial charge in [-0.05, 0) is 48.6 Å². The topological polar surface area (TPSA) is 95.9 Å². The summed E-state index contributed by atoms with van der Waals surface area (Å²) in [6.45, 7) is 0. The summed E-state index contributed by atoms with van der Waals surface area (Å²) in [6, 6.07) is 13.2. The first kappa shape index (κ1) is 22.1. The monoisotopic (exact) mass is 489 g/mol. The number of Topliss-reactive ketones (excluding diaryl/α,β-unsaturated/α-hetero) is 2. The van der Waals surface area contributed by atoms with Crippen LogP contribution in [0.1, 0.15) is 20.7 Å². The van der Waals surface area contributed by atoms with E-state index >= 15 is 0 Å². The van der Waals surface area contributed by atoms with Crippen LogP contribution in [0.2, 0.25) is 5.02 Å². The van der Waals surface area contributed by atoms with Crippen molar-refractivity contribution in [3.8, 4) is 0 Å². The van der Waals surface area contributed by atoms with Crippen molar-refractivity contribution < 1.29 is 19.2 Å². The second-order valence-electron chi connectivity index (χ2n) is 7.98. The molecule has 1 heterocycles. The molecule has 2 aromatic carbocycles. The van der Waals surface area contributed by atoms with Gasteiger partial charge in [-0.2, -0.15) is 0 Å². The number of amides is 2. The number of benzene rings is 2. The molecule has 3 atom stereocenters. The summed E-state index contributed by atoms with van der Waals surface area (Å²) in [6.07, 6.45) is 6.08. The molecule has 2 aliphatic carbocycles. The zero-order valence-corrected chi connectivity index (χ0v) is 19.0. The fourth-order valence-electron chi connectivity index (χ4n) is 4.23. The van der Waals surface area contributed by atoms with E-state index in [-0.39, 0.29) is 16.7 Å². The van der Waals surface area contributed by atoms with Crippen molar-refractivity contribution >= 4 is 64.2 Å². The highest BCUT2D eigenvalue weighted by Gasteiger charge is 2.41. The van der Waals surface area contributed by atoms with Crippen LogP contribution in [-0.4, -0.2) is 34.7 Å². The lowest BCUT2D eigenvalue weighted by Crippen LogP contribution is -2.58. The molecule has 0 bridgehead atoms. The highest BCUT2D eigenvalue weighted by Crippen LogP contribution is 2.35. The fourth-order valence-corrected chi connectivity index (χ4v) is 4.65. The van der Waals surface area contributed by atoms with E-state index < -0.39 is 29.6 Å². The Labute approximate surface area is 204 Å². The highest BCUT2D eigenvalue weighted by molar-refractivity contribution is 7.80. The van der Waals surface area contributed by atoms with Gasteiger partial charge in [0.05, 0.1) is 23.2 Å². The molecule has 0 saturated carbocycles. The maximum absolute atomic E-state index is 13.1. The molecule has 0 radical (unpaired) electrons. The molecule has 1 fully saturated rings. The summed E-state index contributed by atoms with van der Waals surface area (Å²) in [5, 5.41) is 2.98. The number of hydrogen-bond acceptors (Lipinski definition) is 6. The number of nitrogens with one attached hydrogen (secondary N) is 1. The lowest BCUT2D eigenvalue weighted by atomic mass is 9.72. The van der Waals surface area contributed by atoms with Crippen LogP contribution in [0.3, 0.4) is 0 Å². The van der Waals surface area contributed by atoms with Crippen molar-refractivity contribution in [2.45, 2.75) is 0 Å². The van der Waals surface area contributed by atoms with Crippen LogP contribution in [0, 0.1) is 17.8 Å². The molecule has 168 valence electrons. The lowest BCUT2D eigenvalue weighted by Gasteiger charge is -2.31. The number of ketones is 2. The van der Waals surface area contributed by atoms with E-state index in [0.29, 0.717) is 27.5 Å². The van der Waals surface area contributed by atoms with Gasteiger partial charge in [-0.3, -0.25) is 29.1 Å². The number of rotatable bonds is 3. The van der Waals surface area contributed by atoms with E-state index in [1.54, 1.807) is 66.8 Å². The number of carbonyl (C=O) groups excluding carboxylic acids is 4. The number of fused-ring (bicyclic) bond motifs is 2. The minimum atomic E-state index is -1.22. The van der Waals surface area contributed by atoms with Crippen molar-refractivity contribution in [2.24, 2.45) is 22.7 Å². The minimum absolute atomic E-state index is 0.0356. The second kappa shape index (κ2) is 8.55. The largest absolute Gasteiger partial charge is 0.301 e. The molecule has 7 nitrogen and oxygen atoms in total.